The van der Waals surface area contributed by atoms with E-state index < -0.39 is 0 Å². The molecule has 0 aromatic heterocycles. The summed E-state index contributed by atoms with van der Waals surface area (Å²) in [5, 5.41) is 10.4. The first-order valence-electron chi connectivity index (χ1n) is 8.16. The van der Waals surface area contributed by atoms with E-state index in [1.54, 1.807) is 6.08 Å². The van der Waals surface area contributed by atoms with Crippen LogP contribution in [0.5, 0.6) is 11.5 Å². The number of aryl methyl sites for hydroxylation is 1. The summed E-state index contributed by atoms with van der Waals surface area (Å²) in [4.78, 5) is 4.56. The van der Waals surface area contributed by atoms with Crippen molar-refractivity contribution in [2.45, 2.75) is 58.5 Å². The Hall–Kier alpha value is -1.77. The molecule has 0 aliphatic carbocycles. The molecule has 1 heterocycles. The molecule has 0 spiro atoms. The normalized spacial score (nSPS) is 17.9. The second-order valence-electron chi connectivity index (χ2n) is 6.56. The Labute approximate surface area is 133 Å². The molecular formula is C19H27NO2. The van der Waals surface area contributed by atoms with E-state index in [1.807, 2.05) is 6.07 Å². The first-order chi connectivity index (χ1) is 10.5. The van der Waals surface area contributed by atoms with Gasteiger partial charge in [-0.25, -0.2) is 0 Å². The lowest BCUT2D eigenvalue weighted by atomic mass is 9.90. The largest absolute Gasteiger partial charge is 0.507 e. The Morgan fingerprint density at radius 3 is 2.82 bits per heavy atom. The number of aliphatic imine (C=N–C) groups is 1. The van der Waals surface area contributed by atoms with Gasteiger partial charge in [0.15, 0.2) is 0 Å². The lowest BCUT2D eigenvalue weighted by Crippen LogP contribution is -2.36. The number of hydrogen-bond donors (Lipinski definition) is 1. The van der Waals surface area contributed by atoms with Gasteiger partial charge in [-0.15, -0.1) is 6.58 Å². The molecule has 0 radical (unpaired) electrons. The minimum atomic E-state index is -0.304. The van der Waals surface area contributed by atoms with Crippen molar-refractivity contribution in [3.8, 4) is 11.5 Å². The topological polar surface area (TPSA) is 41.8 Å². The third-order valence-corrected chi connectivity index (χ3v) is 3.89. The Kier molecular flexibility index (Phi) is 5.28. The van der Waals surface area contributed by atoms with Crippen molar-refractivity contribution in [3.05, 3.63) is 35.9 Å². The van der Waals surface area contributed by atoms with Crippen molar-refractivity contribution < 1.29 is 9.84 Å². The maximum Gasteiger partial charge on any atom is 0.133 e. The van der Waals surface area contributed by atoms with Crippen LogP contribution >= 0.6 is 0 Å². The standard InChI is InChI=1S/C19H27NO2/c1-5-7-8-9-14-11-16(21)18-15(20-10-6-2)13-19(3,4)22-17(18)12-14/h6,11-12,21H,2,5,7-10,13H2,1,3-4H3. The monoisotopic (exact) mass is 301 g/mol. The van der Waals surface area contributed by atoms with Gasteiger partial charge in [0.05, 0.1) is 17.8 Å². The van der Waals surface area contributed by atoms with Crippen LogP contribution in [0.15, 0.2) is 29.8 Å². The maximum atomic E-state index is 10.4. The molecule has 120 valence electrons. The van der Waals surface area contributed by atoms with Crippen molar-refractivity contribution in [2.24, 2.45) is 4.99 Å². The summed E-state index contributed by atoms with van der Waals surface area (Å²) >= 11 is 0. The number of aromatic hydroxyl groups is 1. The lowest BCUT2D eigenvalue weighted by Gasteiger charge is -2.34. The molecular weight excluding hydrogens is 274 g/mol. The van der Waals surface area contributed by atoms with E-state index in [9.17, 15) is 5.11 Å². The van der Waals surface area contributed by atoms with Gasteiger partial charge in [0.2, 0.25) is 0 Å². The number of unbranched alkanes of at least 4 members (excludes halogenated alkanes) is 2. The summed E-state index contributed by atoms with van der Waals surface area (Å²) in [5.41, 5.74) is 2.48. The number of hydrogen-bond acceptors (Lipinski definition) is 3. The van der Waals surface area contributed by atoms with Gasteiger partial charge in [-0.3, -0.25) is 4.99 Å². The molecule has 1 aliphatic rings. The number of phenols is 1. The van der Waals surface area contributed by atoms with E-state index in [0.29, 0.717) is 13.0 Å². The van der Waals surface area contributed by atoms with E-state index in [4.69, 9.17) is 4.74 Å². The van der Waals surface area contributed by atoms with Crippen molar-refractivity contribution in [1.29, 1.82) is 0 Å². The second-order valence-corrected chi connectivity index (χ2v) is 6.56. The van der Waals surface area contributed by atoms with E-state index in [-0.39, 0.29) is 11.4 Å². The zero-order valence-corrected chi connectivity index (χ0v) is 14.0. The molecule has 0 unspecified atom stereocenters. The fourth-order valence-electron chi connectivity index (χ4n) is 2.89. The predicted molar refractivity (Wildman–Crippen MR) is 92.3 cm³/mol. The number of rotatable bonds is 6. The van der Waals surface area contributed by atoms with Gasteiger partial charge in [-0.05, 0) is 44.4 Å². The van der Waals surface area contributed by atoms with E-state index in [0.717, 1.165) is 35.4 Å². The fourth-order valence-corrected chi connectivity index (χ4v) is 2.89. The Bertz CT molecular complexity index is 573. The molecule has 0 saturated carbocycles. The second kappa shape index (κ2) is 6.99. The van der Waals surface area contributed by atoms with Gasteiger partial charge >= 0.3 is 0 Å². The highest BCUT2D eigenvalue weighted by Crippen LogP contribution is 2.39. The fraction of sp³-hybridized carbons (Fsp3) is 0.526. The van der Waals surface area contributed by atoms with Gasteiger partial charge in [-0.2, -0.15) is 0 Å². The number of nitrogens with zero attached hydrogens (tertiary/aromatic N) is 1. The van der Waals surface area contributed by atoms with Gasteiger partial charge in [0, 0.05) is 6.42 Å². The van der Waals surface area contributed by atoms with Crippen LogP contribution in [-0.4, -0.2) is 23.0 Å². The minimum absolute atomic E-state index is 0.280. The zero-order chi connectivity index (χ0) is 16.2. The zero-order valence-electron chi connectivity index (χ0n) is 14.0. The van der Waals surface area contributed by atoms with Crippen LogP contribution in [-0.2, 0) is 6.42 Å². The summed E-state index contributed by atoms with van der Waals surface area (Å²) in [6.07, 6.45) is 6.96. The van der Waals surface area contributed by atoms with Gasteiger partial charge in [0.25, 0.3) is 0 Å². The molecule has 0 amide bonds. The van der Waals surface area contributed by atoms with Gasteiger partial charge < -0.3 is 9.84 Å². The molecule has 2 rings (SSSR count). The highest BCUT2D eigenvalue weighted by atomic mass is 16.5. The van der Waals surface area contributed by atoms with E-state index in [1.165, 1.54) is 12.8 Å². The highest BCUT2D eigenvalue weighted by molar-refractivity contribution is 6.06. The smallest absolute Gasteiger partial charge is 0.133 e. The molecule has 1 aromatic rings. The van der Waals surface area contributed by atoms with Gasteiger partial charge in [-0.1, -0.05) is 25.8 Å². The molecule has 22 heavy (non-hydrogen) atoms. The van der Waals surface area contributed by atoms with Crippen LogP contribution < -0.4 is 4.74 Å². The van der Waals surface area contributed by atoms with Crippen molar-refractivity contribution in [2.75, 3.05) is 6.54 Å². The number of benzene rings is 1. The molecule has 3 nitrogen and oxygen atoms in total. The summed E-state index contributed by atoms with van der Waals surface area (Å²) in [6, 6.07) is 3.93. The predicted octanol–water partition coefficient (Wildman–Crippen LogP) is 4.66. The van der Waals surface area contributed by atoms with Crippen LogP contribution in [0.1, 0.15) is 57.6 Å². The Morgan fingerprint density at radius 1 is 1.36 bits per heavy atom. The van der Waals surface area contributed by atoms with E-state index >= 15 is 0 Å². The van der Waals surface area contributed by atoms with Crippen molar-refractivity contribution in [1.82, 2.24) is 0 Å². The molecule has 0 atom stereocenters. The quantitative estimate of drug-likeness (QED) is 0.613. The average molecular weight is 301 g/mol. The highest BCUT2D eigenvalue weighted by Gasteiger charge is 2.33. The number of fused-ring (bicyclic) bond motifs is 1. The first kappa shape index (κ1) is 16.6. The maximum absolute atomic E-state index is 10.4. The Morgan fingerprint density at radius 2 is 2.14 bits per heavy atom. The van der Waals surface area contributed by atoms with E-state index in [2.05, 4.69) is 38.4 Å². The number of phenolic OH excluding ortho intramolecular Hbond substituents is 1. The number of ether oxygens (including phenoxy) is 1. The molecule has 1 aliphatic heterocycles. The van der Waals surface area contributed by atoms with Crippen molar-refractivity contribution in [3.63, 3.8) is 0 Å². The van der Waals surface area contributed by atoms with Crippen LogP contribution in [0.4, 0.5) is 0 Å². The SMILES string of the molecule is C=CCN=C1CC(C)(C)Oc2cc(CCCCC)cc(O)c21. The van der Waals surface area contributed by atoms with Crippen LogP contribution in [0.3, 0.4) is 0 Å². The first-order valence-corrected chi connectivity index (χ1v) is 8.16. The molecule has 1 aromatic carbocycles. The van der Waals surface area contributed by atoms with Crippen LogP contribution in [0, 0.1) is 0 Å². The third-order valence-electron chi connectivity index (χ3n) is 3.89. The molecule has 1 N–H and O–H groups in total. The molecule has 3 heteroatoms. The van der Waals surface area contributed by atoms with Crippen LogP contribution in [0.2, 0.25) is 0 Å². The Balaban J connectivity index is 2.37. The van der Waals surface area contributed by atoms with Crippen molar-refractivity contribution >= 4 is 5.71 Å². The summed E-state index contributed by atoms with van der Waals surface area (Å²) < 4.78 is 6.09. The average Bonchev–Trinajstić information content (AvgIpc) is 2.43. The minimum Gasteiger partial charge on any atom is -0.507 e. The third kappa shape index (κ3) is 3.90. The molecule has 0 fully saturated rings. The molecule has 0 bridgehead atoms. The summed E-state index contributed by atoms with van der Waals surface area (Å²) in [5.74, 6) is 1.04. The molecule has 0 saturated heterocycles. The lowest BCUT2D eigenvalue weighted by molar-refractivity contribution is 0.110. The summed E-state index contributed by atoms with van der Waals surface area (Å²) in [7, 11) is 0. The van der Waals surface area contributed by atoms with Gasteiger partial charge in [0.1, 0.15) is 17.1 Å². The summed E-state index contributed by atoms with van der Waals surface area (Å²) in [6.45, 7) is 10.6. The van der Waals surface area contributed by atoms with Crippen LogP contribution in [0.25, 0.3) is 0 Å².